The van der Waals surface area contributed by atoms with Crippen LogP contribution < -0.4 is 19.8 Å². The van der Waals surface area contributed by atoms with Gasteiger partial charge in [-0.25, -0.2) is 9.99 Å². The molecule has 0 aliphatic heterocycles. The average molecular weight is 446 g/mol. The molecule has 1 amide bonds. The summed E-state index contributed by atoms with van der Waals surface area (Å²) >= 11 is 7.23. The Bertz CT molecular complexity index is 1050. The van der Waals surface area contributed by atoms with Gasteiger partial charge in [-0.3, -0.25) is 4.79 Å². The van der Waals surface area contributed by atoms with E-state index in [2.05, 4.69) is 20.7 Å². The summed E-state index contributed by atoms with van der Waals surface area (Å²) in [6.07, 6.45) is 1.30. The molecule has 0 bridgehead atoms. The lowest BCUT2D eigenvalue weighted by atomic mass is 10.2. The van der Waals surface area contributed by atoms with Crippen LogP contribution >= 0.6 is 23.4 Å². The third-order valence-electron chi connectivity index (χ3n) is 4.15. The van der Waals surface area contributed by atoms with Gasteiger partial charge in [0.05, 0.1) is 36.3 Å². The van der Waals surface area contributed by atoms with Crippen molar-refractivity contribution in [3.05, 3.63) is 53.1 Å². The largest absolute Gasteiger partial charge is 0.870 e. The third-order valence-corrected chi connectivity index (χ3v) is 5.38. The molecule has 0 saturated heterocycles. The SMILES string of the molecule is CC[n+]1c(SCC(=O)NN=Cc2cccc(OC)c2[O-])n[nH]c1-c1ccc(Cl)cc1. The van der Waals surface area contributed by atoms with E-state index in [0.29, 0.717) is 22.3 Å². The van der Waals surface area contributed by atoms with Crippen LogP contribution in [0.4, 0.5) is 0 Å². The van der Waals surface area contributed by atoms with E-state index < -0.39 is 0 Å². The highest BCUT2D eigenvalue weighted by Gasteiger charge is 2.21. The smallest absolute Gasteiger partial charge is 0.337 e. The third kappa shape index (κ3) is 5.11. The average Bonchev–Trinajstić information content (AvgIpc) is 3.17. The normalized spacial score (nSPS) is 11.0. The van der Waals surface area contributed by atoms with Crippen molar-refractivity contribution in [2.75, 3.05) is 12.9 Å². The van der Waals surface area contributed by atoms with Gasteiger partial charge in [0.2, 0.25) is 0 Å². The van der Waals surface area contributed by atoms with Gasteiger partial charge in [-0.2, -0.15) is 5.10 Å². The van der Waals surface area contributed by atoms with Crippen molar-refractivity contribution >= 4 is 35.5 Å². The maximum atomic E-state index is 12.1. The molecule has 0 unspecified atom stereocenters. The van der Waals surface area contributed by atoms with Gasteiger partial charge in [0.25, 0.3) is 11.7 Å². The zero-order valence-corrected chi connectivity index (χ0v) is 18.0. The van der Waals surface area contributed by atoms with Crippen molar-refractivity contribution in [2.24, 2.45) is 5.10 Å². The maximum Gasteiger partial charge on any atom is 0.337 e. The van der Waals surface area contributed by atoms with E-state index in [4.69, 9.17) is 16.3 Å². The highest BCUT2D eigenvalue weighted by molar-refractivity contribution is 7.99. The van der Waals surface area contributed by atoms with Crippen molar-refractivity contribution in [2.45, 2.75) is 18.6 Å². The molecule has 0 fully saturated rings. The van der Waals surface area contributed by atoms with Gasteiger partial charge in [-0.05, 0) is 54.6 Å². The van der Waals surface area contributed by atoms with E-state index in [0.717, 1.165) is 11.4 Å². The predicted octanol–water partition coefficient (Wildman–Crippen LogP) is 2.36. The minimum Gasteiger partial charge on any atom is -0.870 e. The Labute approximate surface area is 182 Å². The number of carbonyl (C=O) groups is 1. The summed E-state index contributed by atoms with van der Waals surface area (Å²) in [5.74, 6) is 0.564. The first-order valence-corrected chi connectivity index (χ1v) is 10.4. The van der Waals surface area contributed by atoms with Crippen LogP contribution in [0.5, 0.6) is 11.5 Å². The number of ether oxygens (including phenoxy) is 1. The number of halogens is 1. The van der Waals surface area contributed by atoms with Gasteiger partial charge in [0, 0.05) is 5.02 Å². The summed E-state index contributed by atoms with van der Waals surface area (Å²) in [6, 6.07) is 12.3. The van der Waals surface area contributed by atoms with E-state index >= 15 is 0 Å². The van der Waals surface area contributed by atoms with Crippen LogP contribution in [0.1, 0.15) is 12.5 Å². The lowest BCUT2D eigenvalue weighted by molar-refractivity contribution is -0.719. The summed E-state index contributed by atoms with van der Waals surface area (Å²) in [5, 5.41) is 24.5. The molecule has 3 aromatic rings. The number of H-pyrrole nitrogens is 1. The second-order valence-corrected chi connectivity index (χ2v) is 7.45. The predicted molar refractivity (Wildman–Crippen MR) is 114 cm³/mol. The van der Waals surface area contributed by atoms with Crippen LogP contribution in [0, 0.1) is 0 Å². The van der Waals surface area contributed by atoms with Crippen LogP contribution in [0.3, 0.4) is 0 Å². The minimum atomic E-state index is -0.315. The zero-order chi connectivity index (χ0) is 21.5. The Morgan fingerprint density at radius 3 is 2.83 bits per heavy atom. The standard InChI is InChI=1S/C20H20ClN5O3S/c1-3-26-19(13-7-9-15(21)10-8-13)24-25-20(26)30-12-17(27)23-22-11-14-5-4-6-16(29-2)18(14)28/h4-11H,3,12H2,1-2H3,(H2,22,23,27,28). The fraction of sp³-hybridized carbons (Fsp3) is 0.200. The Hall–Kier alpha value is -3.04. The van der Waals surface area contributed by atoms with Crippen molar-refractivity contribution in [3.63, 3.8) is 0 Å². The molecule has 0 spiro atoms. The van der Waals surface area contributed by atoms with Gasteiger partial charge in [0.1, 0.15) is 5.75 Å². The molecule has 1 aromatic heterocycles. The summed E-state index contributed by atoms with van der Waals surface area (Å²) in [7, 11) is 1.42. The van der Waals surface area contributed by atoms with Crippen LogP contribution in [0.25, 0.3) is 11.4 Å². The summed E-state index contributed by atoms with van der Waals surface area (Å²) in [4.78, 5) is 12.1. The molecule has 3 rings (SSSR count). The molecule has 8 nitrogen and oxygen atoms in total. The molecule has 2 aromatic carbocycles. The maximum absolute atomic E-state index is 12.1. The van der Waals surface area contributed by atoms with E-state index in [1.54, 1.807) is 18.2 Å². The van der Waals surface area contributed by atoms with Crippen molar-refractivity contribution < 1.29 is 19.2 Å². The molecule has 10 heteroatoms. The second kappa shape index (κ2) is 10.1. The molecule has 0 saturated carbocycles. The molecular formula is C20H20ClN5O3S. The first-order valence-electron chi connectivity index (χ1n) is 9.06. The summed E-state index contributed by atoms with van der Waals surface area (Å²) < 4.78 is 6.96. The van der Waals surface area contributed by atoms with E-state index in [9.17, 15) is 9.90 Å². The van der Waals surface area contributed by atoms with Crippen LogP contribution in [0.2, 0.25) is 5.02 Å². The van der Waals surface area contributed by atoms with Crippen LogP contribution in [-0.4, -0.2) is 35.2 Å². The quantitative estimate of drug-likeness (QED) is 0.239. The van der Waals surface area contributed by atoms with Crippen molar-refractivity contribution in [1.82, 2.24) is 15.6 Å². The second-order valence-electron chi connectivity index (χ2n) is 6.07. The molecule has 0 atom stereocenters. The fourth-order valence-corrected chi connectivity index (χ4v) is 3.62. The van der Waals surface area contributed by atoms with Gasteiger partial charge < -0.3 is 9.84 Å². The topological polar surface area (TPSA) is 106 Å². The Balaban J connectivity index is 1.60. The number of aromatic nitrogens is 3. The fourth-order valence-electron chi connectivity index (χ4n) is 2.68. The number of hydrazone groups is 1. The van der Waals surface area contributed by atoms with E-state index in [1.807, 2.05) is 35.8 Å². The number of hydrogen-bond donors (Lipinski definition) is 2. The molecule has 156 valence electrons. The number of rotatable bonds is 8. The van der Waals surface area contributed by atoms with Crippen molar-refractivity contribution in [1.29, 1.82) is 0 Å². The minimum absolute atomic E-state index is 0.116. The molecule has 0 aliphatic rings. The van der Waals surface area contributed by atoms with Gasteiger partial charge in [0.15, 0.2) is 0 Å². The van der Waals surface area contributed by atoms with E-state index in [1.165, 1.54) is 25.1 Å². The zero-order valence-electron chi connectivity index (χ0n) is 16.4. The number of nitrogens with zero attached hydrogens (tertiary/aromatic N) is 3. The highest BCUT2D eigenvalue weighted by atomic mass is 35.5. The molecular weight excluding hydrogens is 426 g/mol. The number of benzene rings is 2. The molecule has 0 radical (unpaired) electrons. The lowest BCUT2D eigenvalue weighted by Gasteiger charge is -2.14. The van der Waals surface area contributed by atoms with Crippen LogP contribution in [-0.2, 0) is 11.3 Å². The van der Waals surface area contributed by atoms with Gasteiger partial charge in [-0.15, -0.1) is 5.10 Å². The molecule has 30 heavy (non-hydrogen) atoms. The number of amides is 1. The first-order chi connectivity index (χ1) is 14.5. The van der Waals surface area contributed by atoms with E-state index in [-0.39, 0.29) is 23.2 Å². The number of nitrogens with one attached hydrogen (secondary N) is 2. The number of aromatic amines is 1. The van der Waals surface area contributed by atoms with Gasteiger partial charge in [-0.1, -0.05) is 29.5 Å². The number of carbonyl (C=O) groups excluding carboxylic acids is 1. The summed E-state index contributed by atoms with van der Waals surface area (Å²) in [6.45, 7) is 2.68. The highest BCUT2D eigenvalue weighted by Crippen LogP contribution is 2.25. The number of thioether (sulfide) groups is 1. The monoisotopic (exact) mass is 445 g/mol. The Morgan fingerprint density at radius 1 is 1.37 bits per heavy atom. The number of para-hydroxylation sites is 1. The van der Waals surface area contributed by atoms with Gasteiger partial charge >= 0.3 is 5.16 Å². The Morgan fingerprint density at radius 2 is 2.13 bits per heavy atom. The first kappa shape index (κ1) is 21.7. The molecule has 2 N–H and O–H groups in total. The summed E-state index contributed by atoms with van der Waals surface area (Å²) in [5.41, 5.74) is 3.69. The van der Waals surface area contributed by atoms with Crippen molar-refractivity contribution in [3.8, 4) is 22.9 Å². The lowest BCUT2D eigenvalue weighted by Crippen LogP contribution is -2.36. The Kier molecular flexibility index (Phi) is 7.31. The van der Waals surface area contributed by atoms with Crippen LogP contribution in [0.15, 0.2) is 52.7 Å². The molecule has 1 heterocycles. The number of hydrogen-bond acceptors (Lipinski definition) is 6. The molecule has 0 aliphatic carbocycles. The number of methoxy groups -OCH3 is 1.